The van der Waals surface area contributed by atoms with Gasteiger partial charge in [-0.2, -0.15) is 5.10 Å². The Labute approximate surface area is 160 Å². The van der Waals surface area contributed by atoms with Crippen LogP contribution < -0.4 is 20.2 Å². The highest BCUT2D eigenvalue weighted by Crippen LogP contribution is 2.27. The molecule has 0 fully saturated rings. The first-order valence-electron chi connectivity index (χ1n) is 9.10. The van der Waals surface area contributed by atoms with Crippen LogP contribution in [0.2, 0.25) is 0 Å². The van der Waals surface area contributed by atoms with E-state index in [-0.39, 0.29) is 0 Å². The second-order valence-electron chi connectivity index (χ2n) is 6.10. The van der Waals surface area contributed by atoms with Crippen molar-refractivity contribution < 1.29 is 14.3 Å². The van der Waals surface area contributed by atoms with E-state index in [4.69, 9.17) is 9.47 Å². The molecule has 0 aliphatic carbocycles. The number of nitrogens with zero attached hydrogens (tertiary/aromatic N) is 1. The van der Waals surface area contributed by atoms with Gasteiger partial charge < -0.3 is 14.8 Å². The Morgan fingerprint density at radius 1 is 1.15 bits per heavy atom. The molecule has 0 atom stereocenters. The SMILES string of the molecule is CCCCCOc1ccc(/C=N\NC(=O)Nc2ccccc2C)cc1OC. The number of hydrazone groups is 1. The summed E-state index contributed by atoms with van der Waals surface area (Å²) in [7, 11) is 1.60. The summed E-state index contributed by atoms with van der Waals surface area (Å²) >= 11 is 0. The number of carbonyl (C=O) groups excluding carboxylic acids is 1. The number of para-hydroxylation sites is 1. The molecule has 0 spiro atoms. The number of anilines is 1. The minimum Gasteiger partial charge on any atom is -0.493 e. The number of aryl methyl sites for hydroxylation is 1. The Morgan fingerprint density at radius 2 is 1.96 bits per heavy atom. The topological polar surface area (TPSA) is 72.0 Å². The van der Waals surface area contributed by atoms with Gasteiger partial charge in [-0.15, -0.1) is 0 Å². The summed E-state index contributed by atoms with van der Waals surface area (Å²) in [5.41, 5.74) is 4.98. The summed E-state index contributed by atoms with van der Waals surface area (Å²) in [5.74, 6) is 1.34. The lowest BCUT2D eigenvalue weighted by atomic mass is 10.2. The van der Waals surface area contributed by atoms with Crippen LogP contribution in [-0.4, -0.2) is 26.0 Å². The Balaban J connectivity index is 1.90. The van der Waals surface area contributed by atoms with Crippen LogP contribution in [0.4, 0.5) is 10.5 Å². The van der Waals surface area contributed by atoms with Crippen molar-refractivity contribution in [2.24, 2.45) is 5.10 Å². The molecule has 2 aromatic carbocycles. The number of carbonyl (C=O) groups is 1. The maximum absolute atomic E-state index is 11.9. The standard InChI is InChI=1S/C21H27N3O3/c1-4-5-8-13-27-19-12-11-17(14-20(19)26-3)15-22-24-21(25)23-18-10-7-6-9-16(18)2/h6-7,9-12,14-15H,4-5,8,13H2,1-3H3,(H2,23,24,25)/b22-15-. The molecule has 6 heteroatoms. The summed E-state index contributed by atoms with van der Waals surface area (Å²) < 4.78 is 11.1. The van der Waals surface area contributed by atoms with Crippen molar-refractivity contribution in [3.05, 3.63) is 53.6 Å². The third kappa shape index (κ3) is 6.66. The highest BCUT2D eigenvalue weighted by atomic mass is 16.5. The first-order chi connectivity index (χ1) is 13.1. The van der Waals surface area contributed by atoms with Crippen molar-refractivity contribution >= 4 is 17.9 Å². The van der Waals surface area contributed by atoms with E-state index in [1.54, 1.807) is 13.3 Å². The van der Waals surface area contributed by atoms with Crippen molar-refractivity contribution in [2.45, 2.75) is 33.1 Å². The quantitative estimate of drug-likeness (QED) is 0.381. The van der Waals surface area contributed by atoms with Crippen LogP contribution in [0.5, 0.6) is 11.5 Å². The van der Waals surface area contributed by atoms with E-state index in [1.165, 1.54) is 0 Å². The van der Waals surface area contributed by atoms with E-state index in [0.29, 0.717) is 18.1 Å². The Hall–Kier alpha value is -3.02. The van der Waals surface area contributed by atoms with Crippen molar-refractivity contribution in [3.63, 3.8) is 0 Å². The minimum absolute atomic E-state index is 0.400. The van der Waals surface area contributed by atoms with Gasteiger partial charge in [-0.25, -0.2) is 10.2 Å². The van der Waals surface area contributed by atoms with Gasteiger partial charge in [-0.3, -0.25) is 0 Å². The monoisotopic (exact) mass is 369 g/mol. The lowest BCUT2D eigenvalue weighted by Crippen LogP contribution is -2.24. The second-order valence-corrected chi connectivity index (χ2v) is 6.10. The Kier molecular flexibility index (Phi) is 8.16. The van der Waals surface area contributed by atoms with E-state index >= 15 is 0 Å². The van der Waals surface area contributed by atoms with Crippen LogP contribution in [0.1, 0.15) is 37.3 Å². The highest BCUT2D eigenvalue weighted by molar-refractivity contribution is 5.91. The highest BCUT2D eigenvalue weighted by Gasteiger charge is 2.05. The normalized spacial score (nSPS) is 10.6. The average Bonchev–Trinajstić information content (AvgIpc) is 2.67. The van der Waals surface area contributed by atoms with Crippen molar-refractivity contribution in [3.8, 4) is 11.5 Å². The Bertz CT molecular complexity index is 775. The van der Waals surface area contributed by atoms with Gasteiger partial charge in [0, 0.05) is 5.69 Å². The number of unbranched alkanes of at least 4 members (excludes halogenated alkanes) is 2. The smallest absolute Gasteiger partial charge is 0.339 e. The first-order valence-corrected chi connectivity index (χ1v) is 9.10. The molecule has 0 aliphatic heterocycles. The predicted octanol–water partition coefficient (Wildman–Crippen LogP) is 4.73. The lowest BCUT2D eigenvalue weighted by Gasteiger charge is -2.11. The van der Waals surface area contributed by atoms with Gasteiger partial charge in [-0.1, -0.05) is 38.0 Å². The third-order valence-corrected chi connectivity index (χ3v) is 3.97. The van der Waals surface area contributed by atoms with Gasteiger partial charge in [0.15, 0.2) is 11.5 Å². The molecule has 0 saturated carbocycles. The number of nitrogens with one attached hydrogen (secondary N) is 2. The number of benzene rings is 2. The zero-order valence-corrected chi connectivity index (χ0v) is 16.1. The van der Waals surface area contributed by atoms with Gasteiger partial charge in [0.1, 0.15) is 0 Å². The van der Waals surface area contributed by atoms with Gasteiger partial charge in [0.05, 0.1) is 19.9 Å². The maximum Gasteiger partial charge on any atom is 0.339 e. The van der Waals surface area contributed by atoms with Gasteiger partial charge >= 0.3 is 6.03 Å². The summed E-state index contributed by atoms with van der Waals surface area (Å²) in [4.78, 5) is 11.9. The number of hydrogen-bond donors (Lipinski definition) is 2. The summed E-state index contributed by atoms with van der Waals surface area (Å²) in [5, 5.41) is 6.73. The fourth-order valence-corrected chi connectivity index (χ4v) is 2.45. The number of rotatable bonds is 9. The van der Waals surface area contributed by atoms with Crippen LogP contribution in [-0.2, 0) is 0 Å². The number of hydrogen-bond acceptors (Lipinski definition) is 4. The van der Waals surface area contributed by atoms with Crippen molar-refractivity contribution in [2.75, 3.05) is 19.0 Å². The molecule has 0 unspecified atom stereocenters. The second kappa shape index (κ2) is 10.9. The minimum atomic E-state index is -0.400. The zero-order chi connectivity index (χ0) is 19.5. The molecule has 2 aromatic rings. The molecule has 0 aliphatic rings. The number of amides is 2. The summed E-state index contributed by atoms with van der Waals surface area (Å²) in [6, 6.07) is 12.7. The molecule has 0 heterocycles. The first kappa shape index (κ1) is 20.3. The van der Waals surface area contributed by atoms with E-state index in [9.17, 15) is 4.79 Å². The molecule has 6 nitrogen and oxygen atoms in total. The van der Waals surface area contributed by atoms with Gasteiger partial charge in [0.2, 0.25) is 0 Å². The van der Waals surface area contributed by atoms with E-state index < -0.39 is 6.03 Å². The van der Waals surface area contributed by atoms with Crippen LogP contribution in [0, 0.1) is 6.92 Å². The van der Waals surface area contributed by atoms with E-state index in [2.05, 4.69) is 22.8 Å². The van der Waals surface area contributed by atoms with Crippen LogP contribution >= 0.6 is 0 Å². The summed E-state index contributed by atoms with van der Waals surface area (Å²) in [6.45, 7) is 4.75. The van der Waals surface area contributed by atoms with Crippen LogP contribution in [0.25, 0.3) is 0 Å². The van der Waals surface area contributed by atoms with Crippen molar-refractivity contribution in [1.82, 2.24) is 5.43 Å². The molecule has 0 saturated heterocycles. The molecule has 0 aromatic heterocycles. The fourth-order valence-electron chi connectivity index (χ4n) is 2.45. The maximum atomic E-state index is 11.9. The molecule has 2 N–H and O–H groups in total. The molecular weight excluding hydrogens is 342 g/mol. The molecule has 2 amide bonds. The molecule has 144 valence electrons. The fraction of sp³-hybridized carbons (Fsp3) is 0.333. The van der Waals surface area contributed by atoms with Gasteiger partial charge in [-0.05, 0) is 48.7 Å². The van der Waals surface area contributed by atoms with E-state index in [0.717, 1.165) is 36.1 Å². The van der Waals surface area contributed by atoms with E-state index in [1.807, 2.05) is 49.4 Å². The molecule has 0 radical (unpaired) electrons. The molecule has 2 rings (SSSR count). The molecule has 27 heavy (non-hydrogen) atoms. The Morgan fingerprint density at radius 3 is 2.70 bits per heavy atom. The van der Waals surface area contributed by atoms with Gasteiger partial charge in [0.25, 0.3) is 0 Å². The van der Waals surface area contributed by atoms with Crippen LogP contribution in [0.15, 0.2) is 47.6 Å². The largest absolute Gasteiger partial charge is 0.493 e. The third-order valence-electron chi connectivity index (χ3n) is 3.97. The molecule has 0 bridgehead atoms. The van der Waals surface area contributed by atoms with Crippen LogP contribution in [0.3, 0.4) is 0 Å². The predicted molar refractivity (Wildman–Crippen MR) is 109 cm³/mol. The lowest BCUT2D eigenvalue weighted by molar-refractivity contribution is 0.252. The van der Waals surface area contributed by atoms with Crippen molar-refractivity contribution in [1.29, 1.82) is 0 Å². The molecular formula is C21H27N3O3. The number of methoxy groups -OCH3 is 1. The average molecular weight is 369 g/mol. The summed E-state index contributed by atoms with van der Waals surface area (Å²) in [6.07, 6.45) is 4.87. The zero-order valence-electron chi connectivity index (χ0n) is 16.1. The number of ether oxygens (including phenoxy) is 2. The number of urea groups is 1.